The van der Waals surface area contributed by atoms with E-state index in [1.165, 1.54) is 0 Å². The van der Waals surface area contributed by atoms with Crippen molar-refractivity contribution < 1.29 is 4.74 Å². The number of pyridine rings is 1. The number of methoxy groups -OCH3 is 1. The Morgan fingerprint density at radius 2 is 2.14 bits per heavy atom. The van der Waals surface area contributed by atoms with Crippen molar-refractivity contribution in [1.82, 2.24) is 20.1 Å². The van der Waals surface area contributed by atoms with Gasteiger partial charge in [-0.2, -0.15) is 5.10 Å². The predicted octanol–water partition coefficient (Wildman–Crippen LogP) is 2.45. The standard InChI is InChI=1S/C16H24N4O/c1-5-7-17-10-14-6-8-20(19-14)11-15-13(3)16(21-4)12(2)9-18-15/h6,8-9,17H,5,7,10-11H2,1-4H3. The summed E-state index contributed by atoms with van der Waals surface area (Å²) in [4.78, 5) is 4.51. The second kappa shape index (κ2) is 7.22. The quantitative estimate of drug-likeness (QED) is 0.795. The van der Waals surface area contributed by atoms with Crippen LogP contribution in [0.15, 0.2) is 18.5 Å². The van der Waals surface area contributed by atoms with Crippen LogP contribution in [0.4, 0.5) is 0 Å². The molecule has 0 radical (unpaired) electrons. The summed E-state index contributed by atoms with van der Waals surface area (Å²) in [7, 11) is 1.70. The Labute approximate surface area is 126 Å². The summed E-state index contributed by atoms with van der Waals surface area (Å²) in [6, 6.07) is 2.05. The van der Waals surface area contributed by atoms with Crippen LogP contribution >= 0.6 is 0 Å². The molecule has 0 spiro atoms. The van der Waals surface area contributed by atoms with E-state index in [0.29, 0.717) is 6.54 Å². The molecule has 0 aliphatic rings. The van der Waals surface area contributed by atoms with Crippen molar-refractivity contribution in [2.45, 2.75) is 40.3 Å². The number of nitrogens with zero attached hydrogens (tertiary/aromatic N) is 3. The van der Waals surface area contributed by atoms with Gasteiger partial charge in [0.2, 0.25) is 0 Å². The topological polar surface area (TPSA) is 52.0 Å². The fourth-order valence-corrected chi connectivity index (χ4v) is 2.36. The van der Waals surface area contributed by atoms with Crippen molar-refractivity contribution in [3.63, 3.8) is 0 Å². The molecule has 1 N–H and O–H groups in total. The lowest BCUT2D eigenvalue weighted by atomic mass is 10.1. The molecule has 0 unspecified atom stereocenters. The molecule has 2 aromatic rings. The number of aryl methyl sites for hydroxylation is 1. The molecule has 0 saturated heterocycles. The highest BCUT2D eigenvalue weighted by Gasteiger charge is 2.10. The average molecular weight is 288 g/mol. The van der Waals surface area contributed by atoms with Crippen LogP contribution in [0.5, 0.6) is 5.75 Å². The molecule has 5 nitrogen and oxygen atoms in total. The molecule has 0 atom stereocenters. The highest BCUT2D eigenvalue weighted by molar-refractivity contribution is 5.41. The van der Waals surface area contributed by atoms with Gasteiger partial charge in [-0.25, -0.2) is 0 Å². The zero-order valence-corrected chi connectivity index (χ0v) is 13.3. The van der Waals surface area contributed by atoms with Crippen LogP contribution in [0.2, 0.25) is 0 Å². The first-order valence-corrected chi connectivity index (χ1v) is 7.37. The van der Waals surface area contributed by atoms with E-state index >= 15 is 0 Å². The summed E-state index contributed by atoms with van der Waals surface area (Å²) in [5, 5.41) is 7.92. The van der Waals surface area contributed by atoms with Gasteiger partial charge in [-0.15, -0.1) is 0 Å². The molecule has 0 fully saturated rings. The van der Waals surface area contributed by atoms with Gasteiger partial charge >= 0.3 is 0 Å². The zero-order valence-electron chi connectivity index (χ0n) is 13.3. The smallest absolute Gasteiger partial charge is 0.128 e. The maximum Gasteiger partial charge on any atom is 0.128 e. The Kier molecular flexibility index (Phi) is 5.33. The molecule has 2 rings (SSSR count). The summed E-state index contributed by atoms with van der Waals surface area (Å²) >= 11 is 0. The van der Waals surface area contributed by atoms with Gasteiger partial charge in [0, 0.05) is 30.1 Å². The number of ether oxygens (including phenoxy) is 1. The van der Waals surface area contributed by atoms with E-state index in [-0.39, 0.29) is 0 Å². The van der Waals surface area contributed by atoms with Crippen LogP contribution in [-0.4, -0.2) is 28.4 Å². The van der Waals surface area contributed by atoms with Crippen molar-refractivity contribution in [1.29, 1.82) is 0 Å². The van der Waals surface area contributed by atoms with E-state index < -0.39 is 0 Å². The lowest BCUT2D eigenvalue weighted by Gasteiger charge is -2.12. The fourth-order valence-electron chi connectivity index (χ4n) is 2.36. The van der Waals surface area contributed by atoms with Crippen LogP contribution < -0.4 is 10.1 Å². The normalized spacial score (nSPS) is 10.9. The third kappa shape index (κ3) is 3.82. The molecule has 2 aromatic heterocycles. The lowest BCUT2D eigenvalue weighted by Crippen LogP contribution is -2.14. The van der Waals surface area contributed by atoms with Gasteiger partial charge in [-0.1, -0.05) is 6.92 Å². The fraction of sp³-hybridized carbons (Fsp3) is 0.500. The van der Waals surface area contributed by atoms with Crippen LogP contribution in [-0.2, 0) is 13.1 Å². The summed E-state index contributed by atoms with van der Waals surface area (Å²) < 4.78 is 7.37. The molecule has 21 heavy (non-hydrogen) atoms. The molecular formula is C16H24N4O. The van der Waals surface area contributed by atoms with Gasteiger partial charge in [-0.05, 0) is 32.9 Å². The van der Waals surface area contributed by atoms with Gasteiger partial charge in [0.15, 0.2) is 0 Å². The van der Waals surface area contributed by atoms with E-state index in [0.717, 1.165) is 47.8 Å². The Hall–Kier alpha value is -1.88. The second-order valence-electron chi connectivity index (χ2n) is 5.23. The summed E-state index contributed by atoms with van der Waals surface area (Å²) in [5.41, 5.74) is 4.19. The maximum atomic E-state index is 5.45. The molecule has 5 heteroatoms. The van der Waals surface area contributed by atoms with Crippen molar-refractivity contribution in [3.8, 4) is 5.75 Å². The van der Waals surface area contributed by atoms with Crippen molar-refractivity contribution >= 4 is 0 Å². The lowest BCUT2D eigenvalue weighted by molar-refractivity contribution is 0.406. The third-order valence-corrected chi connectivity index (χ3v) is 3.49. The zero-order chi connectivity index (χ0) is 15.2. The predicted molar refractivity (Wildman–Crippen MR) is 83.6 cm³/mol. The molecule has 0 aliphatic heterocycles. The van der Waals surface area contributed by atoms with Crippen LogP contribution in [0.3, 0.4) is 0 Å². The highest BCUT2D eigenvalue weighted by atomic mass is 16.5. The van der Waals surface area contributed by atoms with Gasteiger partial charge < -0.3 is 10.1 Å². The molecular weight excluding hydrogens is 264 g/mol. The first-order valence-electron chi connectivity index (χ1n) is 7.37. The van der Waals surface area contributed by atoms with E-state index in [9.17, 15) is 0 Å². The minimum Gasteiger partial charge on any atom is -0.496 e. The maximum absolute atomic E-state index is 5.45. The van der Waals surface area contributed by atoms with Crippen LogP contribution in [0.25, 0.3) is 0 Å². The monoisotopic (exact) mass is 288 g/mol. The average Bonchev–Trinajstić information content (AvgIpc) is 2.91. The minimum absolute atomic E-state index is 0.663. The molecule has 0 amide bonds. The van der Waals surface area contributed by atoms with Gasteiger partial charge in [0.05, 0.1) is 25.0 Å². The highest BCUT2D eigenvalue weighted by Crippen LogP contribution is 2.24. The summed E-state index contributed by atoms with van der Waals surface area (Å²) in [6.07, 6.45) is 4.98. The van der Waals surface area contributed by atoms with E-state index in [1.54, 1.807) is 7.11 Å². The Morgan fingerprint density at radius 1 is 1.33 bits per heavy atom. The number of hydrogen-bond acceptors (Lipinski definition) is 4. The second-order valence-corrected chi connectivity index (χ2v) is 5.23. The van der Waals surface area contributed by atoms with E-state index in [2.05, 4.69) is 22.3 Å². The first-order chi connectivity index (χ1) is 10.2. The van der Waals surface area contributed by atoms with E-state index in [1.807, 2.05) is 37.0 Å². The van der Waals surface area contributed by atoms with Gasteiger partial charge in [-0.3, -0.25) is 9.67 Å². The van der Waals surface area contributed by atoms with Crippen molar-refractivity contribution in [2.75, 3.05) is 13.7 Å². The van der Waals surface area contributed by atoms with Crippen molar-refractivity contribution in [2.24, 2.45) is 0 Å². The number of nitrogens with one attached hydrogen (secondary N) is 1. The summed E-state index contributed by atoms with van der Waals surface area (Å²) in [5.74, 6) is 0.914. The number of rotatable bonds is 7. The first kappa shape index (κ1) is 15.5. The molecule has 2 heterocycles. The van der Waals surface area contributed by atoms with Gasteiger partial charge in [0.25, 0.3) is 0 Å². The van der Waals surface area contributed by atoms with E-state index in [4.69, 9.17) is 4.74 Å². The Balaban J connectivity index is 2.08. The van der Waals surface area contributed by atoms with Gasteiger partial charge in [0.1, 0.15) is 5.75 Å². The largest absolute Gasteiger partial charge is 0.496 e. The molecule has 0 aromatic carbocycles. The number of hydrogen-bond donors (Lipinski definition) is 1. The van der Waals surface area contributed by atoms with Crippen LogP contribution in [0, 0.1) is 13.8 Å². The molecule has 0 bridgehead atoms. The minimum atomic E-state index is 0.663. The summed E-state index contributed by atoms with van der Waals surface area (Å²) in [6.45, 7) is 8.70. The Bertz CT molecular complexity index is 592. The van der Waals surface area contributed by atoms with Crippen LogP contribution in [0.1, 0.15) is 35.9 Å². The third-order valence-electron chi connectivity index (χ3n) is 3.49. The Morgan fingerprint density at radius 3 is 2.86 bits per heavy atom. The van der Waals surface area contributed by atoms with Crippen molar-refractivity contribution in [3.05, 3.63) is 41.0 Å². The molecule has 0 aliphatic carbocycles. The SMILES string of the molecule is CCCNCc1ccn(Cc2ncc(C)c(OC)c2C)n1. The molecule has 114 valence electrons. The molecule has 0 saturated carbocycles. The number of aromatic nitrogens is 3.